The van der Waals surface area contributed by atoms with Crippen LogP contribution in [0.5, 0.6) is 0 Å². The molecule has 4 aromatic rings. The van der Waals surface area contributed by atoms with Crippen molar-refractivity contribution in [1.82, 2.24) is 4.57 Å². The van der Waals surface area contributed by atoms with Gasteiger partial charge in [0.2, 0.25) is 5.91 Å². The van der Waals surface area contributed by atoms with Gasteiger partial charge >= 0.3 is 5.97 Å². The lowest BCUT2D eigenvalue weighted by Crippen LogP contribution is -2.47. The number of nitrogens with one attached hydrogen (secondary N) is 2. The highest BCUT2D eigenvalue weighted by atomic mass is 35.5. The van der Waals surface area contributed by atoms with Crippen molar-refractivity contribution in [3.05, 3.63) is 122 Å². The minimum Gasteiger partial charge on any atom is -0.465 e. The molecule has 0 radical (unpaired) electrons. The Bertz CT molecular complexity index is 1860. The molecule has 3 heterocycles. The molecule has 1 aromatic heterocycles. The number of esters is 1. The Morgan fingerprint density at radius 2 is 1.73 bits per heavy atom. The normalized spacial score (nSPS) is 16.8. The van der Waals surface area contributed by atoms with Gasteiger partial charge in [0.05, 0.1) is 36.2 Å². The standard InChI is InChI=1S/C34H30ClFN4O5/c1-45-34(44)23-6-2-3-9-27(23)38-33(43)21-12-13-30(28(15-21)37-31(41)16-24-25(35)7-4-8-26(24)36)39-17-20-14-22(19-39)29-10-5-11-32(42)40(29)18-20/h2-13,15,20,22H,14,16-19H2,1H3,(H,37,41)(H,38,43)/t20-,22+/m1/s1. The van der Waals surface area contributed by atoms with Crippen LogP contribution in [0.4, 0.5) is 21.5 Å². The van der Waals surface area contributed by atoms with Crippen LogP contribution in [-0.2, 0) is 22.5 Å². The van der Waals surface area contributed by atoms with Gasteiger partial charge in [-0.15, -0.1) is 0 Å². The number of aromatic nitrogens is 1. The first kappa shape index (κ1) is 30.1. The molecule has 2 bridgehead atoms. The van der Waals surface area contributed by atoms with Crippen molar-refractivity contribution in [2.45, 2.75) is 25.3 Å². The Hall–Kier alpha value is -4.96. The molecule has 0 saturated carbocycles. The number of hydrogen-bond acceptors (Lipinski definition) is 6. The highest BCUT2D eigenvalue weighted by molar-refractivity contribution is 6.31. The first-order valence-electron chi connectivity index (χ1n) is 14.5. The Labute approximate surface area is 263 Å². The zero-order chi connectivity index (χ0) is 31.7. The van der Waals surface area contributed by atoms with E-state index in [0.717, 1.165) is 12.1 Å². The minimum absolute atomic E-state index is 0.0143. The zero-order valence-corrected chi connectivity index (χ0v) is 25.1. The lowest BCUT2D eigenvalue weighted by atomic mass is 9.83. The first-order valence-corrected chi connectivity index (χ1v) is 14.9. The first-order chi connectivity index (χ1) is 21.7. The lowest BCUT2D eigenvalue weighted by molar-refractivity contribution is -0.115. The summed E-state index contributed by atoms with van der Waals surface area (Å²) in [4.78, 5) is 53.6. The van der Waals surface area contributed by atoms with Gasteiger partial charge in [-0.05, 0) is 60.9 Å². The Morgan fingerprint density at radius 1 is 0.933 bits per heavy atom. The predicted octanol–water partition coefficient (Wildman–Crippen LogP) is 5.48. The van der Waals surface area contributed by atoms with E-state index in [1.807, 2.05) is 10.6 Å². The van der Waals surface area contributed by atoms with Crippen LogP contribution in [0, 0.1) is 11.7 Å². The number of methoxy groups -OCH3 is 1. The number of para-hydroxylation sites is 1. The third-order valence-electron chi connectivity index (χ3n) is 8.33. The van der Waals surface area contributed by atoms with Gasteiger partial charge in [0.15, 0.2) is 0 Å². The predicted molar refractivity (Wildman–Crippen MR) is 170 cm³/mol. The molecular weight excluding hydrogens is 599 g/mol. The van der Waals surface area contributed by atoms with Gasteiger partial charge in [0.25, 0.3) is 11.5 Å². The number of pyridine rings is 1. The van der Waals surface area contributed by atoms with Crippen molar-refractivity contribution >= 4 is 46.4 Å². The summed E-state index contributed by atoms with van der Waals surface area (Å²) >= 11 is 6.19. The molecule has 6 rings (SSSR count). The SMILES string of the molecule is COC(=O)c1ccccc1NC(=O)c1ccc(N2C[C@H]3C[C@@H](C2)c2cccc(=O)n2C3)c(NC(=O)Cc2c(F)cccc2Cl)c1. The number of piperidine rings is 1. The number of ether oxygens (including phenoxy) is 1. The summed E-state index contributed by atoms with van der Waals surface area (Å²) in [5.74, 6) is -1.89. The Morgan fingerprint density at radius 3 is 2.53 bits per heavy atom. The Kier molecular flexibility index (Phi) is 8.40. The highest BCUT2D eigenvalue weighted by Crippen LogP contribution is 2.39. The molecule has 2 amide bonds. The summed E-state index contributed by atoms with van der Waals surface area (Å²) < 4.78 is 21.2. The molecule has 1 saturated heterocycles. The number of hydrogen-bond donors (Lipinski definition) is 2. The van der Waals surface area contributed by atoms with Crippen molar-refractivity contribution in [3.63, 3.8) is 0 Å². The van der Waals surface area contributed by atoms with Crippen molar-refractivity contribution in [1.29, 1.82) is 0 Å². The number of rotatable bonds is 7. The fourth-order valence-corrected chi connectivity index (χ4v) is 6.51. The van der Waals surface area contributed by atoms with Crippen LogP contribution in [0.15, 0.2) is 83.7 Å². The smallest absolute Gasteiger partial charge is 0.339 e. The quantitative estimate of drug-likeness (QED) is 0.262. The van der Waals surface area contributed by atoms with E-state index in [9.17, 15) is 23.6 Å². The summed E-state index contributed by atoms with van der Waals surface area (Å²) in [6, 6.07) is 21.0. The summed E-state index contributed by atoms with van der Waals surface area (Å²) in [6.45, 7) is 1.83. The number of carbonyl (C=O) groups is 3. The molecule has 2 N–H and O–H groups in total. The van der Waals surface area contributed by atoms with Crippen LogP contribution < -0.4 is 21.1 Å². The van der Waals surface area contributed by atoms with E-state index in [4.69, 9.17) is 16.3 Å². The average molecular weight is 629 g/mol. The van der Waals surface area contributed by atoms with Crippen LogP contribution in [0.2, 0.25) is 5.02 Å². The van der Waals surface area contributed by atoms with E-state index in [2.05, 4.69) is 15.5 Å². The Balaban J connectivity index is 1.32. The van der Waals surface area contributed by atoms with Crippen molar-refractivity contribution < 1.29 is 23.5 Å². The van der Waals surface area contributed by atoms with Gasteiger partial charge in [-0.25, -0.2) is 9.18 Å². The molecule has 2 atom stereocenters. The summed E-state index contributed by atoms with van der Waals surface area (Å²) in [5, 5.41) is 5.79. The monoisotopic (exact) mass is 628 g/mol. The lowest BCUT2D eigenvalue weighted by Gasteiger charge is -2.44. The maximum atomic E-state index is 14.5. The van der Waals surface area contributed by atoms with E-state index in [1.165, 1.54) is 25.3 Å². The van der Waals surface area contributed by atoms with Gasteiger partial charge in [0, 0.05) is 53.5 Å². The molecule has 9 nitrogen and oxygen atoms in total. The summed E-state index contributed by atoms with van der Waals surface area (Å²) in [5.41, 5.74) is 2.79. The molecule has 2 aliphatic rings. The highest BCUT2D eigenvalue weighted by Gasteiger charge is 2.35. The van der Waals surface area contributed by atoms with Crippen molar-refractivity contribution in [2.75, 3.05) is 35.7 Å². The number of amides is 2. The maximum Gasteiger partial charge on any atom is 0.339 e. The fraction of sp³-hybridized carbons (Fsp3) is 0.235. The molecule has 2 aliphatic heterocycles. The summed E-state index contributed by atoms with van der Waals surface area (Å²) in [6.07, 6.45) is 0.628. The second kappa shape index (κ2) is 12.6. The molecule has 45 heavy (non-hydrogen) atoms. The van der Waals surface area contributed by atoms with Crippen LogP contribution in [0.25, 0.3) is 0 Å². The molecule has 230 valence electrons. The number of halogens is 2. The van der Waals surface area contributed by atoms with Crippen molar-refractivity contribution in [3.8, 4) is 0 Å². The number of benzene rings is 3. The van der Waals surface area contributed by atoms with Crippen LogP contribution in [-0.4, -0.2) is 42.6 Å². The minimum atomic E-state index is -0.597. The molecule has 11 heteroatoms. The van der Waals surface area contributed by atoms with Gasteiger partial charge < -0.3 is 24.8 Å². The fourth-order valence-electron chi connectivity index (χ4n) is 6.28. The van der Waals surface area contributed by atoms with E-state index >= 15 is 0 Å². The van der Waals surface area contributed by atoms with Gasteiger partial charge in [-0.3, -0.25) is 14.4 Å². The molecule has 3 aromatic carbocycles. The second-order valence-electron chi connectivity index (χ2n) is 11.3. The average Bonchev–Trinajstić information content (AvgIpc) is 3.03. The van der Waals surface area contributed by atoms with E-state index in [1.54, 1.807) is 54.6 Å². The number of carbonyl (C=O) groups excluding carboxylic acids is 3. The third-order valence-corrected chi connectivity index (χ3v) is 8.69. The van der Waals surface area contributed by atoms with E-state index < -0.39 is 23.6 Å². The topological polar surface area (TPSA) is 110 Å². The molecular formula is C34H30ClFN4O5. The van der Waals surface area contributed by atoms with Crippen molar-refractivity contribution in [2.24, 2.45) is 5.92 Å². The van der Waals surface area contributed by atoms with E-state index in [-0.39, 0.29) is 51.2 Å². The number of fused-ring (bicyclic) bond motifs is 4. The van der Waals surface area contributed by atoms with Crippen LogP contribution in [0.1, 0.15) is 44.3 Å². The molecule has 0 unspecified atom stereocenters. The zero-order valence-electron chi connectivity index (χ0n) is 24.4. The molecule has 1 fully saturated rings. The van der Waals surface area contributed by atoms with Gasteiger partial charge in [-0.2, -0.15) is 0 Å². The summed E-state index contributed by atoms with van der Waals surface area (Å²) in [7, 11) is 1.26. The van der Waals surface area contributed by atoms with Crippen LogP contribution in [0.3, 0.4) is 0 Å². The third kappa shape index (κ3) is 6.19. The van der Waals surface area contributed by atoms with Gasteiger partial charge in [-0.1, -0.05) is 35.9 Å². The second-order valence-corrected chi connectivity index (χ2v) is 11.7. The number of anilines is 3. The van der Waals surface area contributed by atoms with Gasteiger partial charge in [0.1, 0.15) is 5.82 Å². The molecule has 0 aliphatic carbocycles. The van der Waals surface area contributed by atoms with E-state index in [0.29, 0.717) is 31.0 Å². The number of nitrogens with zero attached hydrogens (tertiary/aromatic N) is 2. The van der Waals surface area contributed by atoms with Crippen LogP contribution >= 0.6 is 11.6 Å². The molecule has 0 spiro atoms. The maximum absolute atomic E-state index is 14.5. The largest absolute Gasteiger partial charge is 0.465 e.